The van der Waals surface area contributed by atoms with Crippen LogP contribution in [-0.2, 0) is 6.42 Å². The number of pyridine rings is 1. The summed E-state index contributed by atoms with van der Waals surface area (Å²) in [6.45, 7) is 6.19. The molecule has 0 bridgehead atoms. The van der Waals surface area contributed by atoms with E-state index in [1.165, 1.54) is 5.56 Å². The molecule has 0 spiro atoms. The van der Waals surface area contributed by atoms with Gasteiger partial charge in [0, 0.05) is 44.7 Å². The van der Waals surface area contributed by atoms with E-state index < -0.39 is 0 Å². The molecule has 6 heteroatoms. The Morgan fingerprint density at radius 2 is 2.00 bits per heavy atom. The molecular weight excluding hydrogens is 274 g/mol. The first-order valence-corrected chi connectivity index (χ1v) is 7.57. The number of imidazole rings is 1. The van der Waals surface area contributed by atoms with Gasteiger partial charge in [-0.15, -0.1) is 11.6 Å². The molecule has 3 rings (SSSR count). The Hall–Kier alpha value is -1.33. The van der Waals surface area contributed by atoms with Crippen molar-refractivity contribution in [3.05, 3.63) is 23.7 Å². The lowest BCUT2D eigenvalue weighted by atomic mass is 10.3. The average molecular weight is 294 g/mol. The van der Waals surface area contributed by atoms with E-state index in [1.54, 1.807) is 0 Å². The third-order valence-electron chi connectivity index (χ3n) is 3.87. The van der Waals surface area contributed by atoms with E-state index in [0.29, 0.717) is 5.88 Å². The molecule has 3 heterocycles. The van der Waals surface area contributed by atoms with Crippen molar-refractivity contribution >= 4 is 22.8 Å². The molecule has 108 valence electrons. The average Bonchev–Trinajstić information content (AvgIpc) is 2.80. The lowest BCUT2D eigenvalue weighted by molar-refractivity contribution is 0.287. The molecule has 2 aromatic rings. The van der Waals surface area contributed by atoms with Gasteiger partial charge in [0.2, 0.25) is 0 Å². The number of piperazine rings is 1. The summed E-state index contributed by atoms with van der Waals surface area (Å²) in [5, 5.41) is 2.34. The number of hydrogen-bond acceptors (Lipinski definition) is 4. The van der Waals surface area contributed by atoms with Gasteiger partial charge in [-0.2, -0.15) is 0 Å². The monoisotopic (exact) mass is 293 g/mol. The van der Waals surface area contributed by atoms with Crippen molar-refractivity contribution in [3.63, 3.8) is 0 Å². The summed E-state index contributed by atoms with van der Waals surface area (Å²) in [5.41, 5.74) is 3.11. The lowest BCUT2D eigenvalue weighted by Gasteiger charge is -2.35. The summed E-state index contributed by atoms with van der Waals surface area (Å²) in [4.78, 5) is 11.6. The van der Waals surface area contributed by atoms with Crippen molar-refractivity contribution in [2.24, 2.45) is 0 Å². The maximum Gasteiger partial charge on any atom is 0.179 e. The van der Waals surface area contributed by atoms with Gasteiger partial charge in [0.05, 0.1) is 0 Å². The highest BCUT2D eigenvalue weighted by molar-refractivity contribution is 6.17. The van der Waals surface area contributed by atoms with Gasteiger partial charge >= 0.3 is 0 Å². The van der Waals surface area contributed by atoms with Crippen LogP contribution in [0.4, 0.5) is 0 Å². The number of aromatic nitrogens is 3. The number of nitrogens with zero attached hydrogens (tertiary/aromatic N) is 5. The van der Waals surface area contributed by atoms with Crippen molar-refractivity contribution in [2.45, 2.75) is 13.3 Å². The number of likely N-dealkylation sites (N-methyl/N-ethyl adjacent to an activating group) is 1. The predicted molar refractivity (Wildman–Crippen MR) is 82.1 cm³/mol. The largest absolute Gasteiger partial charge is 0.307 e. The number of rotatable bonds is 3. The van der Waals surface area contributed by atoms with Crippen LogP contribution < -0.4 is 5.01 Å². The zero-order chi connectivity index (χ0) is 14.1. The highest BCUT2D eigenvalue weighted by atomic mass is 35.5. The molecule has 2 aromatic heterocycles. The molecule has 5 nitrogen and oxygen atoms in total. The van der Waals surface area contributed by atoms with Gasteiger partial charge < -0.3 is 9.91 Å². The minimum absolute atomic E-state index is 0.579. The second kappa shape index (κ2) is 5.58. The first-order valence-electron chi connectivity index (χ1n) is 7.03. The minimum Gasteiger partial charge on any atom is -0.307 e. The van der Waals surface area contributed by atoms with Crippen LogP contribution in [0.3, 0.4) is 0 Å². The minimum atomic E-state index is 0.579. The number of alkyl halides is 1. The molecule has 0 N–H and O–H groups in total. The molecule has 1 fully saturated rings. The van der Waals surface area contributed by atoms with E-state index in [0.717, 1.165) is 49.6 Å². The van der Waals surface area contributed by atoms with Crippen LogP contribution in [0, 0.1) is 6.92 Å². The van der Waals surface area contributed by atoms with Crippen LogP contribution in [0.2, 0.25) is 0 Å². The summed E-state index contributed by atoms with van der Waals surface area (Å²) in [6, 6.07) is 2.01. The van der Waals surface area contributed by atoms with Crippen molar-refractivity contribution in [3.8, 4) is 0 Å². The maximum absolute atomic E-state index is 5.94. The third kappa shape index (κ3) is 2.36. The zero-order valence-electron chi connectivity index (χ0n) is 12.0. The molecule has 0 amide bonds. The van der Waals surface area contributed by atoms with E-state index in [9.17, 15) is 0 Å². The molecule has 0 radical (unpaired) electrons. The van der Waals surface area contributed by atoms with Gasteiger partial charge in [0.1, 0.15) is 11.3 Å². The van der Waals surface area contributed by atoms with Crippen LogP contribution in [0.5, 0.6) is 0 Å². The van der Waals surface area contributed by atoms with E-state index in [4.69, 9.17) is 16.6 Å². The zero-order valence-corrected chi connectivity index (χ0v) is 12.8. The van der Waals surface area contributed by atoms with Crippen LogP contribution in [0.25, 0.3) is 11.2 Å². The fourth-order valence-electron chi connectivity index (χ4n) is 2.67. The van der Waals surface area contributed by atoms with Gasteiger partial charge in [-0.3, -0.25) is 0 Å². The molecule has 0 aromatic carbocycles. The second-order valence-electron chi connectivity index (χ2n) is 5.34. The highest BCUT2D eigenvalue weighted by Crippen LogP contribution is 2.19. The van der Waals surface area contributed by atoms with Crippen molar-refractivity contribution in [1.29, 1.82) is 0 Å². The van der Waals surface area contributed by atoms with Gasteiger partial charge in [0.15, 0.2) is 5.65 Å². The van der Waals surface area contributed by atoms with E-state index >= 15 is 0 Å². The normalized spacial score (nSPS) is 17.1. The van der Waals surface area contributed by atoms with E-state index in [2.05, 4.69) is 33.5 Å². The third-order valence-corrected chi connectivity index (χ3v) is 4.06. The molecule has 20 heavy (non-hydrogen) atoms. The van der Waals surface area contributed by atoms with Crippen molar-refractivity contribution < 1.29 is 0 Å². The highest BCUT2D eigenvalue weighted by Gasteiger charge is 2.21. The van der Waals surface area contributed by atoms with Crippen LogP contribution in [-0.4, -0.2) is 58.7 Å². The Morgan fingerprint density at radius 1 is 1.25 bits per heavy atom. The second-order valence-corrected chi connectivity index (χ2v) is 5.71. The standard InChI is InChI=1S/C14H20ClN5/c1-11-4-6-16-14-13(11)17-12(3-5-15)20(14)19-9-7-18(2)8-10-19/h4,6H,3,5,7-10H2,1-2H3. The number of fused-ring (bicyclic) bond motifs is 1. The van der Waals surface area contributed by atoms with Crippen molar-refractivity contribution in [1.82, 2.24) is 19.5 Å². The molecule has 1 aliphatic rings. The van der Waals surface area contributed by atoms with Gasteiger partial charge in [-0.25, -0.2) is 14.6 Å². The number of hydrogen-bond donors (Lipinski definition) is 0. The SMILES string of the molecule is Cc1ccnc2c1nc(CCCl)n2N1CCN(C)CC1. The molecule has 1 aliphatic heterocycles. The van der Waals surface area contributed by atoms with Crippen LogP contribution >= 0.6 is 11.6 Å². The summed E-state index contributed by atoms with van der Waals surface area (Å²) < 4.78 is 2.18. The van der Waals surface area contributed by atoms with Crippen molar-refractivity contribution in [2.75, 3.05) is 44.1 Å². The Labute approximate surface area is 124 Å². The molecule has 1 saturated heterocycles. The smallest absolute Gasteiger partial charge is 0.179 e. The fourth-order valence-corrected chi connectivity index (χ4v) is 2.84. The molecule has 0 unspecified atom stereocenters. The lowest BCUT2D eigenvalue weighted by Crippen LogP contribution is -2.50. The fraction of sp³-hybridized carbons (Fsp3) is 0.571. The van der Waals surface area contributed by atoms with Crippen LogP contribution in [0.1, 0.15) is 11.4 Å². The number of halogens is 1. The quantitative estimate of drug-likeness (QED) is 0.802. The Kier molecular flexibility index (Phi) is 3.81. The van der Waals surface area contributed by atoms with Crippen LogP contribution in [0.15, 0.2) is 12.3 Å². The van der Waals surface area contributed by atoms with E-state index in [1.807, 2.05) is 12.3 Å². The predicted octanol–water partition coefficient (Wildman–Crippen LogP) is 1.40. The number of aryl methyl sites for hydroxylation is 2. The molecular formula is C14H20ClN5. The maximum atomic E-state index is 5.94. The molecule has 0 saturated carbocycles. The summed E-state index contributed by atoms with van der Waals surface area (Å²) in [6.07, 6.45) is 2.63. The molecule has 0 aliphatic carbocycles. The topological polar surface area (TPSA) is 37.2 Å². The molecule has 0 atom stereocenters. The van der Waals surface area contributed by atoms with Gasteiger partial charge in [-0.05, 0) is 25.6 Å². The van der Waals surface area contributed by atoms with E-state index in [-0.39, 0.29) is 0 Å². The van der Waals surface area contributed by atoms with Gasteiger partial charge in [-0.1, -0.05) is 0 Å². The Bertz CT molecular complexity index is 601. The Morgan fingerprint density at radius 3 is 2.70 bits per heavy atom. The first-order chi connectivity index (χ1) is 9.70. The summed E-state index contributed by atoms with van der Waals surface area (Å²) in [7, 11) is 2.16. The summed E-state index contributed by atoms with van der Waals surface area (Å²) in [5.74, 6) is 1.59. The summed E-state index contributed by atoms with van der Waals surface area (Å²) >= 11 is 5.94. The van der Waals surface area contributed by atoms with Gasteiger partial charge in [0.25, 0.3) is 0 Å². The Balaban J connectivity index is 2.07. The first kappa shape index (κ1) is 13.6.